The zero-order chi connectivity index (χ0) is 19.3. The number of fused-ring (bicyclic) bond motifs is 2. The Kier molecular flexibility index (Phi) is 4.70. The van der Waals surface area contributed by atoms with Crippen molar-refractivity contribution in [2.45, 2.75) is 38.3 Å². The first-order valence-electron chi connectivity index (χ1n) is 9.91. The van der Waals surface area contributed by atoms with Crippen molar-refractivity contribution in [2.75, 3.05) is 6.54 Å². The second-order valence-corrected chi connectivity index (χ2v) is 8.68. The second kappa shape index (κ2) is 7.22. The molecule has 1 atom stereocenters. The Morgan fingerprint density at radius 2 is 1.82 bits per heavy atom. The normalized spacial score (nSPS) is 19.3. The highest BCUT2D eigenvalue weighted by Gasteiger charge is 2.31. The van der Waals surface area contributed by atoms with E-state index in [9.17, 15) is 0 Å². The fourth-order valence-corrected chi connectivity index (χ4v) is 5.21. The van der Waals surface area contributed by atoms with E-state index in [0.29, 0.717) is 6.04 Å². The summed E-state index contributed by atoms with van der Waals surface area (Å²) in [5.74, 6) is 0.975. The minimum Gasteiger partial charge on any atom is -0.331 e. The summed E-state index contributed by atoms with van der Waals surface area (Å²) in [5, 5.41) is 1.66. The molecule has 0 saturated heterocycles. The maximum absolute atomic E-state index is 6.49. The standard InChI is InChI=1S/C23H23Cl2N3/c1-27-22-13-16(28-12-11-15-5-4-8-20(25)18(15)14-28)9-10-21(22)26-23(27)17-6-2-3-7-19(17)24/h2-8,16H,9-14H2,1H3. The fourth-order valence-electron chi connectivity index (χ4n) is 4.74. The summed E-state index contributed by atoms with van der Waals surface area (Å²) in [6, 6.07) is 14.8. The number of hydrogen-bond donors (Lipinski definition) is 0. The van der Waals surface area contributed by atoms with Gasteiger partial charge in [0, 0.05) is 48.9 Å². The van der Waals surface area contributed by atoms with Crippen LogP contribution in [0.3, 0.4) is 0 Å². The molecule has 144 valence electrons. The lowest BCUT2D eigenvalue weighted by molar-refractivity contribution is 0.161. The number of aromatic nitrogens is 2. The number of aryl methyl sites for hydroxylation is 1. The third kappa shape index (κ3) is 3.06. The molecular weight excluding hydrogens is 389 g/mol. The van der Waals surface area contributed by atoms with Crippen molar-refractivity contribution in [1.82, 2.24) is 14.5 Å². The predicted molar refractivity (Wildman–Crippen MR) is 115 cm³/mol. The average Bonchev–Trinajstić information content (AvgIpc) is 3.04. The summed E-state index contributed by atoms with van der Waals surface area (Å²) in [4.78, 5) is 7.56. The van der Waals surface area contributed by atoms with Gasteiger partial charge in [-0.2, -0.15) is 0 Å². The maximum atomic E-state index is 6.49. The number of nitrogens with zero attached hydrogens (tertiary/aromatic N) is 3. The lowest BCUT2D eigenvalue weighted by atomic mass is 9.91. The minimum atomic E-state index is 0.534. The molecule has 0 fully saturated rings. The molecule has 0 saturated carbocycles. The van der Waals surface area contributed by atoms with Crippen molar-refractivity contribution in [3.8, 4) is 11.4 Å². The van der Waals surface area contributed by atoms with E-state index in [1.165, 1.54) is 22.5 Å². The summed E-state index contributed by atoms with van der Waals surface area (Å²) in [6.07, 6.45) is 4.27. The van der Waals surface area contributed by atoms with Crippen molar-refractivity contribution in [1.29, 1.82) is 0 Å². The van der Waals surface area contributed by atoms with Crippen LogP contribution < -0.4 is 0 Å². The molecule has 2 heterocycles. The summed E-state index contributed by atoms with van der Waals surface area (Å²) in [7, 11) is 2.12. The van der Waals surface area contributed by atoms with Gasteiger partial charge in [0.1, 0.15) is 5.82 Å². The van der Waals surface area contributed by atoms with Gasteiger partial charge in [-0.25, -0.2) is 4.98 Å². The van der Waals surface area contributed by atoms with Gasteiger partial charge < -0.3 is 4.57 Å². The van der Waals surface area contributed by atoms with Crippen LogP contribution in [0.1, 0.15) is 28.9 Å². The molecule has 5 heteroatoms. The smallest absolute Gasteiger partial charge is 0.141 e. The topological polar surface area (TPSA) is 21.1 Å². The number of hydrogen-bond acceptors (Lipinski definition) is 2. The van der Waals surface area contributed by atoms with Crippen LogP contribution >= 0.6 is 23.2 Å². The first-order chi connectivity index (χ1) is 13.6. The van der Waals surface area contributed by atoms with E-state index in [-0.39, 0.29) is 0 Å². The van der Waals surface area contributed by atoms with Crippen LogP contribution in [-0.2, 0) is 32.9 Å². The van der Waals surface area contributed by atoms with Gasteiger partial charge in [-0.15, -0.1) is 0 Å². The van der Waals surface area contributed by atoms with Crippen LogP contribution in [0.5, 0.6) is 0 Å². The summed E-state index contributed by atoms with van der Waals surface area (Å²) in [6.45, 7) is 2.05. The SMILES string of the molecule is Cn1c(-c2ccccc2Cl)nc2c1CC(N1CCc3cccc(Cl)c3C1)CC2. The predicted octanol–water partition coefficient (Wildman–Crippen LogP) is 5.31. The van der Waals surface area contributed by atoms with Gasteiger partial charge in [0.2, 0.25) is 0 Å². The van der Waals surface area contributed by atoms with Gasteiger partial charge in [-0.3, -0.25) is 4.90 Å². The molecule has 0 radical (unpaired) electrons. The molecule has 1 unspecified atom stereocenters. The molecule has 0 N–H and O–H groups in total. The Morgan fingerprint density at radius 1 is 1.00 bits per heavy atom. The van der Waals surface area contributed by atoms with E-state index in [2.05, 4.69) is 34.7 Å². The molecule has 3 nitrogen and oxygen atoms in total. The molecule has 0 spiro atoms. The summed E-state index contributed by atoms with van der Waals surface area (Å²) in [5.41, 5.74) is 6.29. The van der Waals surface area contributed by atoms with Gasteiger partial charge in [-0.05, 0) is 48.6 Å². The van der Waals surface area contributed by atoms with Crippen LogP contribution in [0.15, 0.2) is 42.5 Å². The van der Waals surface area contributed by atoms with Crippen molar-refractivity contribution in [3.63, 3.8) is 0 Å². The van der Waals surface area contributed by atoms with E-state index < -0.39 is 0 Å². The van der Waals surface area contributed by atoms with Gasteiger partial charge in [0.15, 0.2) is 0 Å². The first kappa shape index (κ1) is 18.2. The van der Waals surface area contributed by atoms with E-state index in [0.717, 1.165) is 60.2 Å². The Morgan fingerprint density at radius 3 is 2.68 bits per heavy atom. The van der Waals surface area contributed by atoms with E-state index in [1.807, 2.05) is 24.3 Å². The molecule has 1 aromatic heterocycles. The summed E-state index contributed by atoms with van der Waals surface area (Å²) >= 11 is 12.9. The molecule has 0 bridgehead atoms. The highest BCUT2D eigenvalue weighted by atomic mass is 35.5. The second-order valence-electron chi connectivity index (χ2n) is 7.86. The summed E-state index contributed by atoms with van der Waals surface area (Å²) < 4.78 is 2.24. The Hall–Kier alpha value is -1.81. The van der Waals surface area contributed by atoms with Crippen molar-refractivity contribution < 1.29 is 0 Å². The van der Waals surface area contributed by atoms with Crippen molar-refractivity contribution >= 4 is 23.2 Å². The third-order valence-electron chi connectivity index (χ3n) is 6.32. The molecule has 3 aromatic rings. The first-order valence-corrected chi connectivity index (χ1v) is 10.7. The average molecular weight is 412 g/mol. The van der Waals surface area contributed by atoms with Crippen LogP contribution in [0, 0.1) is 0 Å². The van der Waals surface area contributed by atoms with Crippen LogP contribution in [0.2, 0.25) is 10.0 Å². The molecule has 0 amide bonds. The van der Waals surface area contributed by atoms with Crippen LogP contribution in [0.25, 0.3) is 11.4 Å². The zero-order valence-electron chi connectivity index (χ0n) is 16.0. The zero-order valence-corrected chi connectivity index (χ0v) is 17.5. The van der Waals surface area contributed by atoms with Gasteiger partial charge >= 0.3 is 0 Å². The fraction of sp³-hybridized carbons (Fsp3) is 0.348. The number of rotatable bonds is 2. The molecule has 1 aliphatic heterocycles. The molecule has 2 aromatic carbocycles. The van der Waals surface area contributed by atoms with Gasteiger partial charge in [0.05, 0.1) is 10.7 Å². The van der Waals surface area contributed by atoms with E-state index in [4.69, 9.17) is 28.2 Å². The molecule has 5 rings (SSSR count). The van der Waals surface area contributed by atoms with Gasteiger partial charge in [0.25, 0.3) is 0 Å². The largest absolute Gasteiger partial charge is 0.331 e. The quantitative estimate of drug-likeness (QED) is 0.569. The van der Waals surface area contributed by atoms with E-state index >= 15 is 0 Å². The monoisotopic (exact) mass is 411 g/mol. The molecule has 1 aliphatic carbocycles. The van der Waals surface area contributed by atoms with Crippen LogP contribution in [-0.4, -0.2) is 27.0 Å². The Balaban J connectivity index is 1.42. The molecule has 28 heavy (non-hydrogen) atoms. The Bertz CT molecular complexity index is 1040. The Labute approximate surface area is 175 Å². The van der Waals surface area contributed by atoms with Crippen molar-refractivity contribution in [3.05, 3.63) is 75.0 Å². The molecule has 2 aliphatic rings. The maximum Gasteiger partial charge on any atom is 0.141 e. The lowest BCUT2D eigenvalue weighted by Gasteiger charge is -2.37. The highest BCUT2D eigenvalue weighted by molar-refractivity contribution is 6.33. The van der Waals surface area contributed by atoms with Crippen molar-refractivity contribution in [2.24, 2.45) is 7.05 Å². The number of benzene rings is 2. The van der Waals surface area contributed by atoms with E-state index in [1.54, 1.807) is 0 Å². The highest BCUT2D eigenvalue weighted by Crippen LogP contribution is 2.34. The lowest BCUT2D eigenvalue weighted by Crippen LogP contribution is -2.42. The van der Waals surface area contributed by atoms with Gasteiger partial charge in [-0.1, -0.05) is 47.5 Å². The number of halogens is 2. The number of imidazole rings is 1. The third-order valence-corrected chi connectivity index (χ3v) is 7.00. The van der Waals surface area contributed by atoms with Crippen LogP contribution in [0.4, 0.5) is 0 Å². The minimum absolute atomic E-state index is 0.534. The molecular formula is C23H23Cl2N3.